The zero-order valence-electron chi connectivity index (χ0n) is 28.8. The fourth-order valence-corrected chi connectivity index (χ4v) is 5.95. The van der Waals surface area contributed by atoms with Crippen molar-refractivity contribution >= 4 is 0 Å². The molecule has 9 N–H and O–H groups in total. The molecule has 0 saturated carbocycles. The van der Waals surface area contributed by atoms with Crippen LogP contribution in [0.5, 0.6) is 51.7 Å². The van der Waals surface area contributed by atoms with Crippen molar-refractivity contribution in [3.63, 3.8) is 0 Å². The van der Waals surface area contributed by atoms with Gasteiger partial charge in [-0.05, 0) is 97.5 Å². The quantitative estimate of drug-likeness (QED) is 0.0657. The van der Waals surface area contributed by atoms with Crippen molar-refractivity contribution in [2.75, 3.05) is 0 Å². The Balaban J connectivity index is 1.27. The summed E-state index contributed by atoms with van der Waals surface area (Å²) in [5, 5.41) is 93.7. The van der Waals surface area contributed by atoms with Gasteiger partial charge in [-0.3, -0.25) is 0 Å². The number of phenolic OH excluding ortho intramolecular Hbond substituents is 9. The highest BCUT2D eigenvalue weighted by Gasteiger charge is 2.17. The predicted molar refractivity (Wildman–Crippen MR) is 189 cm³/mol. The number of ether oxygens (including phenoxy) is 2. The molecule has 0 atom stereocenters. The predicted octanol–water partition coefficient (Wildman–Crippen LogP) is 6.89. The summed E-state index contributed by atoms with van der Waals surface area (Å²) < 4.78 is 11.6. The summed E-state index contributed by atoms with van der Waals surface area (Å²) >= 11 is 0. The van der Waals surface area contributed by atoms with E-state index in [1.54, 1.807) is 57.2 Å². The summed E-state index contributed by atoms with van der Waals surface area (Å²) in [4.78, 5) is 0. The minimum atomic E-state index is -0.193. The van der Waals surface area contributed by atoms with E-state index in [1.165, 1.54) is 18.2 Å². The van der Waals surface area contributed by atoms with Gasteiger partial charge in [0, 0.05) is 58.4 Å². The van der Waals surface area contributed by atoms with Gasteiger partial charge >= 0.3 is 0 Å². The third-order valence-corrected chi connectivity index (χ3v) is 9.15. The number of aryl methyl sites for hydroxylation is 2. The Morgan fingerprint density at radius 1 is 0.353 bits per heavy atom. The molecule has 5 aromatic rings. The zero-order valence-corrected chi connectivity index (χ0v) is 28.8. The maximum Gasteiger partial charge on any atom is 0.127 e. The van der Waals surface area contributed by atoms with Crippen molar-refractivity contribution in [1.29, 1.82) is 0 Å². The van der Waals surface area contributed by atoms with Crippen LogP contribution in [0.2, 0.25) is 0 Å². The second kappa shape index (κ2) is 15.0. The molecule has 11 nitrogen and oxygen atoms in total. The van der Waals surface area contributed by atoms with Gasteiger partial charge in [-0.1, -0.05) is 6.07 Å². The number of hydrogen-bond donors (Lipinski definition) is 9. The smallest absolute Gasteiger partial charge is 0.127 e. The lowest BCUT2D eigenvalue weighted by Crippen LogP contribution is -2.01. The largest absolute Gasteiger partial charge is 0.508 e. The standard InChI is InChI=1S/C40H42O11/c1-20-8-33(42)28(11-25(20)10-27-12-26(34(43)14-35(27)44)9-24-5-6-32(41)22(3)39(24)48)16-50-17-29-13-30(37(46)15-36(29)45)18-51-19-31-7-21(2)38(47)23(4)40(31)49/h5-8,11-15,41-49H,9-10,16-19H2,1-4H3. The molecule has 0 saturated heterocycles. The van der Waals surface area contributed by atoms with E-state index in [0.717, 1.165) is 11.1 Å². The Bertz CT molecular complexity index is 2100. The van der Waals surface area contributed by atoms with E-state index in [9.17, 15) is 46.0 Å². The summed E-state index contributed by atoms with van der Waals surface area (Å²) in [5.41, 5.74) is 5.94. The van der Waals surface area contributed by atoms with E-state index in [-0.39, 0.29) is 91.0 Å². The molecule has 0 aliphatic carbocycles. The van der Waals surface area contributed by atoms with Crippen LogP contribution in [0.4, 0.5) is 0 Å². The van der Waals surface area contributed by atoms with E-state index in [4.69, 9.17) is 9.47 Å². The number of hydrogen-bond acceptors (Lipinski definition) is 11. The Hall–Kier alpha value is -5.78. The normalized spacial score (nSPS) is 11.3. The van der Waals surface area contributed by atoms with Crippen LogP contribution in [-0.2, 0) is 48.7 Å². The van der Waals surface area contributed by atoms with Crippen LogP contribution >= 0.6 is 0 Å². The van der Waals surface area contributed by atoms with Crippen LogP contribution in [-0.4, -0.2) is 46.0 Å². The molecule has 268 valence electrons. The van der Waals surface area contributed by atoms with Crippen LogP contribution in [0.3, 0.4) is 0 Å². The summed E-state index contributed by atoms with van der Waals surface area (Å²) in [7, 11) is 0. The van der Waals surface area contributed by atoms with E-state index in [1.807, 2.05) is 6.92 Å². The van der Waals surface area contributed by atoms with Crippen molar-refractivity contribution in [1.82, 2.24) is 0 Å². The molecule has 0 fully saturated rings. The molecule has 0 heterocycles. The van der Waals surface area contributed by atoms with Gasteiger partial charge in [0.05, 0.1) is 26.4 Å². The topological polar surface area (TPSA) is 201 Å². The second-order valence-electron chi connectivity index (χ2n) is 12.9. The maximum atomic E-state index is 10.7. The van der Waals surface area contributed by atoms with Gasteiger partial charge in [0.1, 0.15) is 51.7 Å². The third-order valence-electron chi connectivity index (χ3n) is 9.15. The van der Waals surface area contributed by atoms with Gasteiger partial charge in [0.15, 0.2) is 0 Å². The maximum absolute atomic E-state index is 10.7. The van der Waals surface area contributed by atoms with E-state index in [0.29, 0.717) is 55.6 Å². The molecule has 0 aliphatic heterocycles. The molecule has 0 aromatic heterocycles. The van der Waals surface area contributed by atoms with Gasteiger partial charge in [-0.15, -0.1) is 0 Å². The highest BCUT2D eigenvalue weighted by Crippen LogP contribution is 2.37. The Morgan fingerprint density at radius 2 is 0.784 bits per heavy atom. The molecule has 11 heteroatoms. The number of benzene rings is 5. The summed E-state index contributed by atoms with van der Waals surface area (Å²) in [5.74, 6) is -0.833. The number of rotatable bonds is 12. The fourth-order valence-electron chi connectivity index (χ4n) is 5.95. The van der Waals surface area contributed by atoms with Crippen molar-refractivity contribution in [2.45, 2.75) is 67.0 Å². The van der Waals surface area contributed by atoms with Crippen molar-refractivity contribution in [2.24, 2.45) is 0 Å². The Labute approximate surface area is 295 Å². The Morgan fingerprint density at radius 3 is 1.35 bits per heavy atom. The zero-order chi connectivity index (χ0) is 37.1. The highest BCUT2D eigenvalue weighted by molar-refractivity contribution is 5.55. The fraction of sp³-hybridized carbons (Fsp3) is 0.250. The second-order valence-corrected chi connectivity index (χ2v) is 12.9. The van der Waals surface area contributed by atoms with Crippen LogP contribution < -0.4 is 0 Å². The van der Waals surface area contributed by atoms with Crippen LogP contribution in [0, 0.1) is 27.7 Å². The molecular formula is C40H42O11. The molecule has 0 amide bonds. The first-order valence-corrected chi connectivity index (χ1v) is 16.2. The SMILES string of the molecule is Cc1cc(O)c(COCc2cc(COCc3cc(C)c(O)c(C)c3O)c(O)cc2O)cc1Cc1cc(Cc2ccc(O)c(C)c2O)c(O)cc1O. The van der Waals surface area contributed by atoms with Crippen molar-refractivity contribution in [3.05, 3.63) is 121 Å². The molecule has 0 aliphatic rings. The van der Waals surface area contributed by atoms with Crippen LogP contribution in [0.25, 0.3) is 0 Å². The molecule has 0 bridgehead atoms. The minimum absolute atomic E-state index is 0.00276. The molecular weight excluding hydrogens is 656 g/mol. The molecule has 51 heavy (non-hydrogen) atoms. The molecule has 5 rings (SSSR count). The van der Waals surface area contributed by atoms with Gasteiger partial charge in [-0.25, -0.2) is 0 Å². The molecule has 5 aromatic carbocycles. The average molecular weight is 699 g/mol. The Kier molecular flexibility index (Phi) is 10.7. The summed E-state index contributed by atoms with van der Waals surface area (Å²) in [6.07, 6.45) is 0.404. The number of aromatic hydroxyl groups is 9. The lowest BCUT2D eigenvalue weighted by Gasteiger charge is -2.16. The van der Waals surface area contributed by atoms with Crippen LogP contribution in [0.15, 0.2) is 54.6 Å². The van der Waals surface area contributed by atoms with E-state index >= 15 is 0 Å². The molecule has 0 spiro atoms. The van der Waals surface area contributed by atoms with Gasteiger partial charge in [0.25, 0.3) is 0 Å². The van der Waals surface area contributed by atoms with E-state index < -0.39 is 0 Å². The van der Waals surface area contributed by atoms with Crippen molar-refractivity contribution in [3.8, 4) is 51.7 Å². The highest BCUT2D eigenvalue weighted by atomic mass is 16.5. The monoisotopic (exact) mass is 698 g/mol. The van der Waals surface area contributed by atoms with E-state index in [2.05, 4.69) is 0 Å². The lowest BCUT2D eigenvalue weighted by atomic mass is 9.94. The lowest BCUT2D eigenvalue weighted by molar-refractivity contribution is 0.0993. The summed E-state index contributed by atoms with van der Waals surface area (Å²) in [6.45, 7) is 6.60. The molecule has 0 radical (unpaired) electrons. The average Bonchev–Trinajstić information content (AvgIpc) is 3.08. The summed E-state index contributed by atoms with van der Waals surface area (Å²) in [6, 6.07) is 13.6. The first-order chi connectivity index (χ1) is 24.1. The molecule has 0 unspecified atom stereocenters. The first-order valence-electron chi connectivity index (χ1n) is 16.2. The van der Waals surface area contributed by atoms with Gasteiger partial charge in [0.2, 0.25) is 0 Å². The number of phenols is 9. The third kappa shape index (κ3) is 8.01. The van der Waals surface area contributed by atoms with Crippen molar-refractivity contribution < 1.29 is 55.4 Å². The first kappa shape index (κ1) is 36.5. The van der Waals surface area contributed by atoms with Gasteiger partial charge < -0.3 is 55.4 Å². The van der Waals surface area contributed by atoms with Gasteiger partial charge in [-0.2, -0.15) is 0 Å². The van der Waals surface area contributed by atoms with Crippen LogP contribution in [0.1, 0.15) is 66.8 Å². The minimum Gasteiger partial charge on any atom is -0.508 e.